The van der Waals surface area contributed by atoms with Crippen LogP contribution in [0, 0.1) is 0 Å². The van der Waals surface area contributed by atoms with Crippen molar-refractivity contribution in [3.8, 4) is 11.5 Å². The molecule has 2 heterocycles. The second kappa shape index (κ2) is 5.57. The van der Waals surface area contributed by atoms with E-state index < -0.39 is 0 Å². The lowest BCUT2D eigenvalue weighted by Crippen LogP contribution is -2.42. The molecule has 2 aliphatic rings. The van der Waals surface area contributed by atoms with E-state index in [0.717, 1.165) is 37.4 Å². The molecule has 0 aromatic heterocycles. The topological polar surface area (TPSA) is 47.7 Å². The zero-order valence-corrected chi connectivity index (χ0v) is 11.7. The van der Waals surface area contributed by atoms with Gasteiger partial charge < -0.3 is 15.2 Å². The van der Waals surface area contributed by atoms with Crippen molar-refractivity contribution >= 4 is 11.6 Å². The number of nitrogens with two attached hydrogens (primary N) is 1. The summed E-state index contributed by atoms with van der Waals surface area (Å²) < 4.78 is 11.1. The number of hydrogen-bond donors (Lipinski definition) is 1. The van der Waals surface area contributed by atoms with Gasteiger partial charge in [0.1, 0.15) is 13.2 Å². The van der Waals surface area contributed by atoms with E-state index in [0.29, 0.717) is 30.0 Å². The van der Waals surface area contributed by atoms with Gasteiger partial charge in [0.15, 0.2) is 11.5 Å². The van der Waals surface area contributed by atoms with Gasteiger partial charge >= 0.3 is 0 Å². The monoisotopic (exact) mass is 282 g/mol. The minimum Gasteiger partial charge on any atom is -0.486 e. The first-order chi connectivity index (χ1) is 9.22. The molecule has 1 aromatic rings. The van der Waals surface area contributed by atoms with Crippen molar-refractivity contribution in [2.24, 2.45) is 5.73 Å². The van der Waals surface area contributed by atoms with E-state index in [4.69, 9.17) is 26.8 Å². The third-order valence-electron chi connectivity index (χ3n) is 3.60. The second-order valence-corrected chi connectivity index (χ2v) is 5.65. The van der Waals surface area contributed by atoms with Crippen molar-refractivity contribution in [2.45, 2.75) is 25.4 Å². The maximum Gasteiger partial charge on any atom is 0.179 e. The Kier molecular flexibility index (Phi) is 3.82. The summed E-state index contributed by atoms with van der Waals surface area (Å²) in [6.07, 6.45) is 2.29. The van der Waals surface area contributed by atoms with Crippen LogP contribution in [-0.4, -0.2) is 37.2 Å². The molecule has 0 aliphatic carbocycles. The summed E-state index contributed by atoms with van der Waals surface area (Å²) in [6, 6.07) is 4.29. The van der Waals surface area contributed by atoms with Crippen molar-refractivity contribution in [2.75, 3.05) is 26.3 Å². The molecule has 1 saturated heterocycles. The molecule has 0 bridgehead atoms. The highest BCUT2D eigenvalue weighted by atomic mass is 35.5. The Morgan fingerprint density at radius 1 is 1.32 bits per heavy atom. The maximum absolute atomic E-state index is 6.25. The number of likely N-dealkylation sites (tertiary alicyclic amines) is 1. The summed E-state index contributed by atoms with van der Waals surface area (Å²) in [7, 11) is 0. The van der Waals surface area contributed by atoms with E-state index in [1.54, 1.807) is 0 Å². The maximum atomic E-state index is 6.25. The lowest BCUT2D eigenvalue weighted by molar-refractivity contribution is 0.170. The van der Waals surface area contributed by atoms with Gasteiger partial charge in [-0.3, -0.25) is 4.90 Å². The molecule has 3 rings (SSSR count). The number of nitrogens with zero attached hydrogens (tertiary/aromatic N) is 1. The molecule has 2 aliphatic heterocycles. The Hall–Kier alpha value is -0.970. The number of ether oxygens (including phenoxy) is 2. The lowest BCUT2D eigenvalue weighted by Gasteiger charge is -2.31. The van der Waals surface area contributed by atoms with E-state index in [9.17, 15) is 0 Å². The number of piperidine rings is 1. The molecule has 1 unspecified atom stereocenters. The Morgan fingerprint density at radius 2 is 2.16 bits per heavy atom. The van der Waals surface area contributed by atoms with Gasteiger partial charge in [-0.1, -0.05) is 11.6 Å². The fourth-order valence-corrected chi connectivity index (χ4v) is 3.04. The number of halogens is 1. The van der Waals surface area contributed by atoms with Crippen LogP contribution >= 0.6 is 11.6 Å². The lowest BCUT2D eigenvalue weighted by atomic mass is 10.1. The summed E-state index contributed by atoms with van der Waals surface area (Å²) in [4.78, 5) is 2.37. The van der Waals surface area contributed by atoms with Crippen LogP contribution in [0.5, 0.6) is 11.5 Å². The predicted molar refractivity (Wildman–Crippen MR) is 74.9 cm³/mol. The Labute approximate surface area is 118 Å². The SMILES string of the molecule is NC1CCCN(Cc2cc(Cl)c3c(c2)OCCO3)C1. The van der Waals surface area contributed by atoms with Crippen LogP contribution in [0.3, 0.4) is 0 Å². The smallest absolute Gasteiger partial charge is 0.179 e. The minimum atomic E-state index is 0.293. The third kappa shape index (κ3) is 2.96. The van der Waals surface area contributed by atoms with Crippen molar-refractivity contribution in [3.05, 3.63) is 22.7 Å². The van der Waals surface area contributed by atoms with Gasteiger partial charge in [-0.05, 0) is 37.1 Å². The average Bonchev–Trinajstić information content (AvgIpc) is 2.39. The second-order valence-electron chi connectivity index (χ2n) is 5.24. The summed E-state index contributed by atoms with van der Waals surface area (Å²) in [5.74, 6) is 1.43. The van der Waals surface area contributed by atoms with Gasteiger partial charge in [-0.15, -0.1) is 0 Å². The van der Waals surface area contributed by atoms with Crippen molar-refractivity contribution in [1.29, 1.82) is 0 Å². The average molecular weight is 283 g/mol. The molecule has 1 fully saturated rings. The Balaban J connectivity index is 1.76. The molecule has 19 heavy (non-hydrogen) atoms. The quantitative estimate of drug-likeness (QED) is 0.902. The van der Waals surface area contributed by atoms with E-state index in [2.05, 4.69) is 4.90 Å². The Bertz CT molecular complexity index is 467. The first-order valence-electron chi connectivity index (χ1n) is 6.78. The first kappa shape index (κ1) is 13.0. The summed E-state index contributed by atoms with van der Waals surface area (Å²) in [5, 5.41) is 0.633. The van der Waals surface area contributed by atoms with Crippen LogP contribution in [0.1, 0.15) is 18.4 Å². The van der Waals surface area contributed by atoms with Gasteiger partial charge in [0, 0.05) is 19.1 Å². The normalized spacial score (nSPS) is 23.4. The molecule has 2 N–H and O–H groups in total. The van der Waals surface area contributed by atoms with Gasteiger partial charge in [-0.2, -0.15) is 0 Å². The van der Waals surface area contributed by atoms with Crippen LogP contribution in [0.15, 0.2) is 12.1 Å². The number of hydrogen-bond acceptors (Lipinski definition) is 4. The molecule has 4 nitrogen and oxygen atoms in total. The first-order valence-corrected chi connectivity index (χ1v) is 7.16. The zero-order chi connectivity index (χ0) is 13.2. The third-order valence-corrected chi connectivity index (χ3v) is 3.89. The van der Waals surface area contributed by atoms with Crippen molar-refractivity contribution in [3.63, 3.8) is 0 Å². The molecule has 0 saturated carbocycles. The largest absolute Gasteiger partial charge is 0.486 e. The van der Waals surface area contributed by atoms with Crippen LogP contribution in [-0.2, 0) is 6.54 Å². The van der Waals surface area contributed by atoms with Crippen molar-refractivity contribution < 1.29 is 9.47 Å². The summed E-state index contributed by atoms with van der Waals surface area (Å²) >= 11 is 6.25. The molecule has 0 spiro atoms. The van der Waals surface area contributed by atoms with E-state index in [1.807, 2.05) is 12.1 Å². The fourth-order valence-electron chi connectivity index (χ4n) is 2.75. The molecular weight excluding hydrogens is 264 g/mol. The molecule has 1 atom stereocenters. The standard InChI is InChI=1S/C14H19ClN2O2/c15-12-6-10(7-13-14(12)19-5-4-18-13)8-17-3-1-2-11(16)9-17/h6-7,11H,1-5,8-9,16H2. The van der Waals surface area contributed by atoms with Crippen LogP contribution in [0.4, 0.5) is 0 Å². The minimum absolute atomic E-state index is 0.293. The molecule has 0 radical (unpaired) electrons. The summed E-state index contributed by atoms with van der Waals surface area (Å²) in [5.41, 5.74) is 7.16. The molecule has 5 heteroatoms. The van der Waals surface area contributed by atoms with Gasteiger partial charge in [0.25, 0.3) is 0 Å². The van der Waals surface area contributed by atoms with E-state index in [-0.39, 0.29) is 0 Å². The van der Waals surface area contributed by atoms with E-state index >= 15 is 0 Å². The predicted octanol–water partition coefficient (Wildman–Crippen LogP) is 2.03. The molecule has 1 aromatic carbocycles. The number of rotatable bonds is 2. The molecular formula is C14H19ClN2O2. The summed E-state index contributed by atoms with van der Waals surface area (Å²) in [6.45, 7) is 4.06. The van der Waals surface area contributed by atoms with Gasteiger partial charge in [0.05, 0.1) is 5.02 Å². The highest BCUT2D eigenvalue weighted by molar-refractivity contribution is 6.32. The van der Waals surface area contributed by atoms with Crippen molar-refractivity contribution in [1.82, 2.24) is 4.90 Å². The number of benzene rings is 1. The zero-order valence-electron chi connectivity index (χ0n) is 10.9. The van der Waals surface area contributed by atoms with Gasteiger partial charge in [-0.25, -0.2) is 0 Å². The highest BCUT2D eigenvalue weighted by Gasteiger charge is 2.20. The molecule has 0 amide bonds. The van der Waals surface area contributed by atoms with Crippen LogP contribution in [0.25, 0.3) is 0 Å². The van der Waals surface area contributed by atoms with Crippen LogP contribution < -0.4 is 15.2 Å². The highest BCUT2D eigenvalue weighted by Crippen LogP contribution is 2.38. The van der Waals surface area contributed by atoms with Crippen LogP contribution in [0.2, 0.25) is 5.02 Å². The Morgan fingerprint density at radius 3 is 3.00 bits per heavy atom. The number of fused-ring (bicyclic) bond motifs is 1. The van der Waals surface area contributed by atoms with Gasteiger partial charge in [0.2, 0.25) is 0 Å². The fraction of sp³-hybridized carbons (Fsp3) is 0.571. The molecule has 104 valence electrons. The van der Waals surface area contributed by atoms with E-state index in [1.165, 1.54) is 6.42 Å².